The minimum Gasteiger partial charge on any atom is -0.508 e. The molecule has 0 amide bonds. The number of phenolic OH excluding ortho intramolecular Hbond substituents is 1. The fourth-order valence-electron chi connectivity index (χ4n) is 2.37. The largest absolute Gasteiger partial charge is 0.508 e. The number of hydrogen-bond acceptors (Lipinski definition) is 3. The Morgan fingerprint density at radius 1 is 0.905 bits per heavy atom. The van der Waals surface area contributed by atoms with Crippen LogP contribution in [0.15, 0.2) is 54.6 Å². The third-order valence-corrected chi connectivity index (χ3v) is 3.74. The smallest absolute Gasteiger partial charge is 0.115 e. The summed E-state index contributed by atoms with van der Waals surface area (Å²) in [5, 5.41) is 22.6. The third-order valence-electron chi connectivity index (χ3n) is 3.74. The average Bonchev–Trinajstić information content (AvgIpc) is 2.50. The first kappa shape index (κ1) is 15.5. The minimum atomic E-state index is -0.00801. The molecule has 0 saturated heterocycles. The fourth-order valence-corrected chi connectivity index (χ4v) is 2.37. The standard InChI is InChI=1S/C18H23NO2/c1-13(2)17(12-20)19-18(14-6-4-3-5-7-14)15-8-10-16(21)11-9-15/h3-11,13,17-21H,12H2,1-2H3/t17-,18?/m1/s1. The van der Waals surface area contributed by atoms with E-state index < -0.39 is 0 Å². The number of hydrogen-bond donors (Lipinski definition) is 3. The second-order valence-electron chi connectivity index (χ2n) is 5.63. The lowest BCUT2D eigenvalue weighted by Crippen LogP contribution is -2.40. The van der Waals surface area contributed by atoms with Crippen molar-refractivity contribution in [3.8, 4) is 5.75 Å². The molecule has 0 spiro atoms. The number of aliphatic hydroxyl groups excluding tert-OH is 1. The lowest BCUT2D eigenvalue weighted by Gasteiger charge is -2.28. The van der Waals surface area contributed by atoms with Gasteiger partial charge >= 0.3 is 0 Å². The Bertz CT molecular complexity index is 537. The van der Waals surface area contributed by atoms with Crippen molar-refractivity contribution in [2.75, 3.05) is 6.61 Å². The highest BCUT2D eigenvalue weighted by Gasteiger charge is 2.20. The van der Waals surface area contributed by atoms with Gasteiger partial charge in [0.15, 0.2) is 0 Å². The molecule has 0 aromatic heterocycles. The maximum Gasteiger partial charge on any atom is 0.115 e. The molecular formula is C18H23NO2. The number of phenols is 1. The Hall–Kier alpha value is -1.84. The second-order valence-corrected chi connectivity index (χ2v) is 5.63. The summed E-state index contributed by atoms with van der Waals surface area (Å²) in [6.45, 7) is 4.28. The molecule has 3 heteroatoms. The molecule has 0 fully saturated rings. The number of aromatic hydroxyl groups is 1. The zero-order chi connectivity index (χ0) is 15.2. The van der Waals surface area contributed by atoms with E-state index in [0.717, 1.165) is 11.1 Å². The predicted molar refractivity (Wildman–Crippen MR) is 85.2 cm³/mol. The van der Waals surface area contributed by atoms with Crippen molar-refractivity contribution in [3.63, 3.8) is 0 Å². The van der Waals surface area contributed by atoms with Crippen molar-refractivity contribution in [1.29, 1.82) is 0 Å². The van der Waals surface area contributed by atoms with Crippen molar-refractivity contribution >= 4 is 0 Å². The molecule has 21 heavy (non-hydrogen) atoms. The number of nitrogens with one attached hydrogen (secondary N) is 1. The van der Waals surface area contributed by atoms with E-state index in [4.69, 9.17) is 0 Å². The Labute approximate surface area is 126 Å². The Balaban J connectivity index is 2.33. The summed E-state index contributed by atoms with van der Waals surface area (Å²) in [5.41, 5.74) is 2.21. The topological polar surface area (TPSA) is 52.5 Å². The van der Waals surface area contributed by atoms with Gasteiger partial charge in [-0.05, 0) is 29.2 Å². The van der Waals surface area contributed by atoms with Crippen LogP contribution in [0.25, 0.3) is 0 Å². The van der Waals surface area contributed by atoms with Gasteiger partial charge in [-0.1, -0.05) is 56.3 Å². The van der Waals surface area contributed by atoms with Crippen LogP contribution in [0.2, 0.25) is 0 Å². The van der Waals surface area contributed by atoms with Crippen LogP contribution in [0.4, 0.5) is 0 Å². The summed E-state index contributed by atoms with van der Waals surface area (Å²) in [4.78, 5) is 0. The first-order valence-corrected chi connectivity index (χ1v) is 7.32. The summed E-state index contributed by atoms with van der Waals surface area (Å²) in [6, 6.07) is 17.4. The molecule has 0 radical (unpaired) electrons. The third kappa shape index (κ3) is 4.06. The molecule has 0 heterocycles. The minimum absolute atomic E-state index is 0.00801. The molecule has 112 valence electrons. The molecule has 3 nitrogen and oxygen atoms in total. The van der Waals surface area contributed by atoms with Gasteiger partial charge in [-0.15, -0.1) is 0 Å². The highest BCUT2D eigenvalue weighted by Crippen LogP contribution is 2.25. The first-order valence-electron chi connectivity index (χ1n) is 7.32. The van der Waals surface area contributed by atoms with Crippen LogP contribution in [-0.4, -0.2) is 22.9 Å². The summed E-state index contributed by atoms with van der Waals surface area (Å²) >= 11 is 0. The zero-order valence-electron chi connectivity index (χ0n) is 12.5. The molecule has 2 rings (SSSR count). The summed E-state index contributed by atoms with van der Waals surface area (Å²) < 4.78 is 0. The molecule has 2 atom stereocenters. The van der Waals surface area contributed by atoms with Gasteiger partial charge in [0.2, 0.25) is 0 Å². The van der Waals surface area contributed by atoms with Crippen LogP contribution >= 0.6 is 0 Å². The van der Waals surface area contributed by atoms with Crippen LogP contribution in [0, 0.1) is 5.92 Å². The van der Waals surface area contributed by atoms with E-state index >= 15 is 0 Å². The van der Waals surface area contributed by atoms with E-state index in [1.165, 1.54) is 0 Å². The molecule has 2 aromatic rings. The summed E-state index contributed by atoms with van der Waals surface area (Å²) in [6.07, 6.45) is 0. The molecule has 0 bridgehead atoms. The summed E-state index contributed by atoms with van der Waals surface area (Å²) in [5.74, 6) is 0.589. The van der Waals surface area contributed by atoms with Crippen LogP contribution in [-0.2, 0) is 0 Å². The van der Waals surface area contributed by atoms with Gasteiger partial charge in [-0.2, -0.15) is 0 Å². The van der Waals surface area contributed by atoms with Gasteiger partial charge in [0.1, 0.15) is 5.75 Å². The van der Waals surface area contributed by atoms with Crippen LogP contribution < -0.4 is 5.32 Å². The number of aliphatic hydroxyl groups is 1. The van der Waals surface area contributed by atoms with Crippen molar-refractivity contribution in [3.05, 3.63) is 65.7 Å². The number of benzene rings is 2. The van der Waals surface area contributed by atoms with Gasteiger partial charge in [0.05, 0.1) is 12.6 Å². The Morgan fingerprint density at radius 2 is 1.48 bits per heavy atom. The van der Waals surface area contributed by atoms with Crippen LogP contribution in [0.3, 0.4) is 0 Å². The van der Waals surface area contributed by atoms with Crippen molar-refractivity contribution in [2.24, 2.45) is 5.92 Å². The zero-order valence-corrected chi connectivity index (χ0v) is 12.5. The van der Waals surface area contributed by atoms with E-state index in [1.54, 1.807) is 12.1 Å². The quantitative estimate of drug-likeness (QED) is 0.764. The van der Waals surface area contributed by atoms with E-state index in [9.17, 15) is 10.2 Å². The van der Waals surface area contributed by atoms with Crippen molar-refractivity contribution in [2.45, 2.75) is 25.9 Å². The van der Waals surface area contributed by atoms with Crippen molar-refractivity contribution in [1.82, 2.24) is 5.32 Å². The SMILES string of the molecule is CC(C)[C@@H](CO)NC(c1ccccc1)c1ccc(O)cc1. The maximum atomic E-state index is 9.58. The normalized spacial score (nSPS) is 14.1. The van der Waals surface area contributed by atoms with Gasteiger partial charge in [0.25, 0.3) is 0 Å². The highest BCUT2D eigenvalue weighted by atomic mass is 16.3. The fraction of sp³-hybridized carbons (Fsp3) is 0.333. The molecule has 0 saturated carbocycles. The molecule has 1 unspecified atom stereocenters. The van der Waals surface area contributed by atoms with Gasteiger partial charge in [0, 0.05) is 6.04 Å². The van der Waals surface area contributed by atoms with Crippen molar-refractivity contribution < 1.29 is 10.2 Å². The van der Waals surface area contributed by atoms with Crippen LogP contribution in [0.1, 0.15) is 31.0 Å². The van der Waals surface area contributed by atoms with Gasteiger partial charge in [-0.25, -0.2) is 0 Å². The predicted octanol–water partition coefficient (Wildman–Crippen LogP) is 3.09. The molecule has 0 aliphatic heterocycles. The lowest BCUT2D eigenvalue weighted by molar-refractivity contribution is 0.204. The number of rotatable bonds is 6. The Morgan fingerprint density at radius 3 is 2.00 bits per heavy atom. The molecule has 2 aromatic carbocycles. The summed E-state index contributed by atoms with van der Waals surface area (Å²) in [7, 11) is 0. The monoisotopic (exact) mass is 285 g/mol. The molecular weight excluding hydrogens is 262 g/mol. The lowest BCUT2D eigenvalue weighted by atomic mass is 9.95. The maximum absolute atomic E-state index is 9.58. The van der Waals surface area contributed by atoms with Crippen LogP contribution in [0.5, 0.6) is 5.75 Å². The molecule has 0 aliphatic rings. The highest BCUT2D eigenvalue weighted by molar-refractivity contribution is 5.35. The molecule has 3 N–H and O–H groups in total. The van der Waals surface area contributed by atoms with E-state index in [1.807, 2.05) is 30.3 Å². The van der Waals surface area contributed by atoms with E-state index in [-0.39, 0.29) is 24.4 Å². The molecule has 0 aliphatic carbocycles. The Kier molecular flexibility index (Phi) is 5.37. The second kappa shape index (κ2) is 7.25. The average molecular weight is 285 g/mol. The van der Waals surface area contributed by atoms with E-state index in [2.05, 4.69) is 31.3 Å². The van der Waals surface area contributed by atoms with E-state index in [0.29, 0.717) is 5.92 Å². The first-order chi connectivity index (χ1) is 10.1. The van der Waals surface area contributed by atoms with Gasteiger partial charge < -0.3 is 15.5 Å². The van der Waals surface area contributed by atoms with Gasteiger partial charge in [-0.3, -0.25) is 0 Å².